The molecule has 18 aliphatic rings. The van der Waals surface area contributed by atoms with Crippen LogP contribution in [0.25, 0.3) is 0 Å². The molecule has 2 saturated heterocycles. The van der Waals surface area contributed by atoms with Crippen LogP contribution in [0.15, 0.2) is 0 Å². The third kappa shape index (κ3) is 18.7. The molecule has 104 heavy (non-hydrogen) atoms. The van der Waals surface area contributed by atoms with Gasteiger partial charge in [0, 0.05) is 6.42 Å². The zero-order valence-corrected chi connectivity index (χ0v) is 68.0. The normalized spacial score (nSPS) is 38.4. The lowest BCUT2D eigenvalue weighted by atomic mass is 9.50. The zero-order valence-electron chi connectivity index (χ0n) is 68.0. The summed E-state index contributed by atoms with van der Waals surface area (Å²) in [5.41, 5.74) is -3.67. The van der Waals surface area contributed by atoms with Gasteiger partial charge >= 0.3 is 47.8 Å². The Morgan fingerprint density at radius 1 is 0.385 bits per heavy atom. The van der Waals surface area contributed by atoms with Gasteiger partial charge < -0.3 is 48.1 Å². The molecule has 6 unspecified atom stereocenters. The Morgan fingerprint density at radius 3 is 0.933 bits per heavy atom. The molecular weight excluding hydrogens is 1320 g/mol. The highest BCUT2D eigenvalue weighted by molar-refractivity contribution is 5.83. The minimum absolute atomic E-state index is 0.0185. The van der Waals surface area contributed by atoms with E-state index in [1.165, 1.54) is 64.2 Å². The lowest BCUT2D eigenvalue weighted by molar-refractivity contribution is -0.211. The van der Waals surface area contributed by atoms with E-state index in [1.807, 2.05) is 96.9 Å². The largest absolute Gasteiger partial charge is 0.463 e. The van der Waals surface area contributed by atoms with Crippen LogP contribution in [0, 0.1) is 115 Å². The first-order chi connectivity index (χ1) is 48.3. The van der Waals surface area contributed by atoms with Crippen LogP contribution in [0.4, 0.5) is 0 Å². The molecule has 18 fully saturated rings. The summed E-state index contributed by atoms with van der Waals surface area (Å²) in [6, 6.07) is 0. The van der Waals surface area contributed by atoms with E-state index < -0.39 is 34.1 Å². The van der Waals surface area contributed by atoms with Crippen LogP contribution in [-0.4, -0.2) is 118 Å². The minimum atomic E-state index is -0.687. The fourth-order valence-electron chi connectivity index (χ4n) is 20.7. The SMILES string of the molecule is CCC(C)(C)C(=O)OC1(C)C2CC3CC(C2)CC1C3.CCC(C)(C)C(=O)OC1(C)C2CC3CC(C2)CC1C3.CCC(C)(C)C(=O)OC1C2CC3CC1CC(O)(C3)C2.CCC(C)(C)C(=O)OC1C2CC3CC1CC(O)(C3)C2.CCC(C)(C)C(=O)OC1CCOC1=O.CCC(C)(C)C(=O)OC1COC(=O)C1. The molecule has 18 nitrogen and oxygen atoms in total. The predicted octanol–water partition coefficient (Wildman–Crippen LogP) is 16.7. The van der Waals surface area contributed by atoms with E-state index in [4.69, 9.17) is 37.9 Å². The van der Waals surface area contributed by atoms with Crippen LogP contribution in [0.1, 0.15) is 318 Å². The molecule has 0 radical (unpaired) electrons. The second kappa shape index (κ2) is 31.9. The molecule has 0 aromatic heterocycles. The lowest BCUT2D eigenvalue weighted by Crippen LogP contribution is -2.58. The number of esters is 8. The standard InChI is InChI=1S/2C17H28O2.2C16H26O3.2C10H16O4/c2*1-5-16(2,3)15(18)19-17(4)13-7-11-6-12(9-13)10-14(17)8-11;2*1-4-15(2,3)14(17)19-13-11-5-10-6-12(13)9-16(18,7-10)8-11;1-4-10(2,3)9(12)14-7-5-8(11)13-6-7;1-4-10(2,3)9(12)14-7-5-6-13-8(7)11/h2*11-14H,5-10H2,1-4H3;2*10-13,18H,4-9H2,1-3H3;2*7H,4-6H2,1-3H3. The topological polar surface area (TPSA) is 251 Å². The maximum atomic E-state index is 12.5. The minimum Gasteiger partial charge on any atom is -0.463 e. The van der Waals surface area contributed by atoms with Gasteiger partial charge in [-0.3, -0.25) is 33.6 Å². The summed E-state index contributed by atoms with van der Waals surface area (Å²) in [6.45, 7) is 40.2. The van der Waals surface area contributed by atoms with Crippen molar-refractivity contribution in [2.45, 2.75) is 365 Å². The van der Waals surface area contributed by atoms with Crippen molar-refractivity contribution in [1.29, 1.82) is 0 Å². The van der Waals surface area contributed by atoms with Gasteiger partial charge in [-0.1, -0.05) is 41.5 Å². The van der Waals surface area contributed by atoms with Crippen molar-refractivity contribution < 1.29 is 86.5 Å². The highest BCUT2D eigenvalue weighted by Gasteiger charge is 2.61. The van der Waals surface area contributed by atoms with E-state index in [9.17, 15) is 48.6 Å². The fourth-order valence-corrected chi connectivity index (χ4v) is 20.7. The third-order valence-electron chi connectivity index (χ3n) is 29.8. The van der Waals surface area contributed by atoms with E-state index >= 15 is 0 Å². The van der Waals surface area contributed by atoms with E-state index in [-0.39, 0.29) is 106 Å². The molecule has 16 aliphatic carbocycles. The van der Waals surface area contributed by atoms with Crippen molar-refractivity contribution in [2.24, 2.45) is 115 Å². The Hall–Kier alpha value is -4.32. The first-order valence-electron chi connectivity index (χ1n) is 41.4. The monoisotopic (exact) mass is 1460 g/mol. The van der Waals surface area contributed by atoms with Crippen molar-refractivity contribution >= 4 is 47.8 Å². The second-order valence-corrected chi connectivity index (χ2v) is 40.1. The Morgan fingerprint density at radius 2 is 0.673 bits per heavy atom. The van der Waals surface area contributed by atoms with Crippen LogP contribution >= 0.6 is 0 Å². The van der Waals surface area contributed by atoms with Gasteiger partial charge in [0.1, 0.15) is 36.1 Å². The molecule has 0 aromatic carbocycles. The fraction of sp³-hybridized carbons (Fsp3) is 0.907. The van der Waals surface area contributed by atoms with Crippen molar-refractivity contribution in [1.82, 2.24) is 0 Å². The maximum Gasteiger partial charge on any atom is 0.347 e. The Kier molecular flexibility index (Phi) is 25.7. The average molecular weight is 1460 g/mol. The number of hydrogen-bond donors (Lipinski definition) is 2. The van der Waals surface area contributed by atoms with Gasteiger partial charge in [0.15, 0.2) is 0 Å². The highest BCUT2D eigenvalue weighted by Crippen LogP contribution is 2.63. The summed E-state index contributed by atoms with van der Waals surface area (Å²) in [5, 5.41) is 21.0. The quantitative estimate of drug-likeness (QED) is 0.0955. The van der Waals surface area contributed by atoms with Crippen LogP contribution < -0.4 is 0 Å². The van der Waals surface area contributed by atoms with Gasteiger partial charge in [0.25, 0.3) is 0 Å². The van der Waals surface area contributed by atoms with Crippen LogP contribution in [0.2, 0.25) is 0 Å². The van der Waals surface area contributed by atoms with Gasteiger partial charge in [-0.25, -0.2) is 4.79 Å². The number of hydrogen-bond acceptors (Lipinski definition) is 18. The van der Waals surface area contributed by atoms with E-state index in [0.717, 1.165) is 114 Å². The summed E-state index contributed by atoms with van der Waals surface area (Å²) >= 11 is 0. The molecule has 18 rings (SSSR count). The number of carbonyl (C=O) groups is 8. The van der Waals surface area contributed by atoms with Crippen LogP contribution in [0.5, 0.6) is 0 Å². The number of aliphatic hydroxyl groups is 2. The molecule has 2 N–H and O–H groups in total. The molecule has 0 spiro atoms. The molecule has 0 aromatic rings. The first kappa shape index (κ1) is 83.7. The summed E-state index contributed by atoms with van der Waals surface area (Å²) in [7, 11) is 0. The first-order valence-corrected chi connectivity index (χ1v) is 41.4. The number of ether oxygens (including phenoxy) is 8. The number of carbonyl (C=O) groups excluding carboxylic acids is 8. The highest BCUT2D eigenvalue weighted by atomic mass is 16.6. The van der Waals surface area contributed by atoms with Gasteiger partial charge in [0.2, 0.25) is 6.10 Å². The van der Waals surface area contributed by atoms with Crippen LogP contribution in [-0.2, 0) is 76.3 Å². The molecule has 6 atom stereocenters. The van der Waals surface area contributed by atoms with Gasteiger partial charge in [0.05, 0.1) is 56.7 Å². The Bertz CT molecular complexity index is 2820. The zero-order chi connectivity index (χ0) is 76.9. The summed E-state index contributed by atoms with van der Waals surface area (Å²) < 4.78 is 43.6. The molecule has 2 heterocycles. The molecule has 0 amide bonds. The van der Waals surface area contributed by atoms with Crippen molar-refractivity contribution in [3.05, 3.63) is 0 Å². The number of rotatable bonds is 18. The van der Waals surface area contributed by atoms with Crippen molar-refractivity contribution in [2.75, 3.05) is 13.2 Å². The van der Waals surface area contributed by atoms with Gasteiger partial charge in [-0.05, 0) is 347 Å². The Balaban J connectivity index is 0.000000146. The molecule has 2 aliphatic heterocycles. The van der Waals surface area contributed by atoms with E-state index in [2.05, 4.69) is 27.7 Å². The molecule has 592 valence electrons. The van der Waals surface area contributed by atoms with Crippen LogP contribution in [0.3, 0.4) is 0 Å². The molecule has 16 saturated carbocycles. The van der Waals surface area contributed by atoms with Gasteiger partial charge in [-0.2, -0.15) is 0 Å². The smallest absolute Gasteiger partial charge is 0.347 e. The average Bonchev–Trinajstić information content (AvgIpc) is 0.847. The maximum absolute atomic E-state index is 12.5. The summed E-state index contributed by atoms with van der Waals surface area (Å²) in [5.74, 6) is 7.73. The molecular formula is C86H140O18. The summed E-state index contributed by atoms with van der Waals surface area (Å²) in [4.78, 5) is 94.4. The lowest BCUT2D eigenvalue weighted by Gasteiger charge is -2.59. The van der Waals surface area contributed by atoms with Gasteiger partial charge in [-0.15, -0.1) is 0 Å². The van der Waals surface area contributed by atoms with Crippen molar-refractivity contribution in [3.8, 4) is 0 Å². The van der Waals surface area contributed by atoms with Crippen molar-refractivity contribution in [3.63, 3.8) is 0 Å². The molecule has 16 bridgehead atoms. The van der Waals surface area contributed by atoms with E-state index in [1.54, 1.807) is 13.8 Å². The second-order valence-electron chi connectivity index (χ2n) is 40.1. The predicted molar refractivity (Wildman–Crippen MR) is 395 cm³/mol. The Labute approximate surface area is 624 Å². The molecule has 18 heteroatoms. The third-order valence-corrected chi connectivity index (χ3v) is 29.8. The number of cyclic esters (lactones) is 2. The van der Waals surface area contributed by atoms with E-state index in [0.29, 0.717) is 85.0 Å². The summed E-state index contributed by atoms with van der Waals surface area (Å²) in [6.07, 6.45) is 27.5.